The molecule has 19 heavy (non-hydrogen) atoms. The fourth-order valence-corrected chi connectivity index (χ4v) is 2.62. The van der Waals surface area contributed by atoms with E-state index in [1.165, 1.54) is 4.90 Å². The number of esters is 1. The molecule has 1 rings (SSSR count). The first-order chi connectivity index (χ1) is 9.33. The second kappa shape index (κ2) is 11.2. The first-order valence-electron chi connectivity index (χ1n) is 6.72. The number of carbonyl (C=O) groups excluding carboxylic acids is 1. The molecule has 0 unspecified atom stereocenters. The number of unbranched alkanes of at least 4 members (excludes halogenated alkanes) is 3. The molecule has 0 aliphatic rings. The first-order valence-corrected chi connectivity index (χ1v) is 8.24. The Labute approximate surface area is 124 Å². The highest BCUT2D eigenvalue weighted by Crippen LogP contribution is 2.17. The van der Waals surface area contributed by atoms with Gasteiger partial charge in [0.15, 0.2) is 0 Å². The largest absolute Gasteiger partial charge is 0.466 e. The van der Waals surface area contributed by atoms with Gasteiger partial charge in [-0.3, -0.25) is 4.79 Å². The zero-order chi connectivity index (χ0) is 13.8. The van der Waals surface area contributed by atoms with Gasteiger partial charge in [0, 0.05) is 16.5 Å². The standard InChI is InChI=1S/C15H21ClO2S/c16-11-6-1-2-7-12-18-15(17)10-13-19-14-8-4-3-5-9-14/h3-5,8-9H,1-2,6-7,10-13H2. The van der Waals surface area contributed by atoms with Gasteiger partial charge in [-0.25, -0.2) is 0 Å². The van der Waals surface area contributed by atoms with Gasteiger partial charge < -0.3 is 4.74 Å². The lowest BCUT2D eigenvalue weighted by Crippen LogP contribution is -2.06. The van der Waals surface area contributed by atoms with Crippen molar-refractivity contribution in [2.75, 3.05) is 18.2 Å². The molecule has 0 aliphatic heterocycles. The summed E-state index contributed by atoms with van der Waals surface area (Å²) >= 11 is 7.27. The molecule has 1 aromatic rings. The van der Waals surface area contributed by atoms with Crippen molar-refractivity contribution in [1.82, 2.24) is 0 Å². The van der Waals surface area contributed by atoms with Gasteiger partial charge in [-0.15, -0.1) is 23.4 Å². The Bertz CT molecular complexity index is 343. The first kappa shape index (κ1) is 16.4. The molecule has 2 nitrogen and oxygen atoms in total. The highest BCUT2D eigenvalue weighted by Gasteiger charge is 2.03. The summed E-state index contributed by atoms with van der Waals surface area (Å²) in [6.07, 6.45) is 4.66. The molecule has 0 atom stereocenters. The molecule has 0 aliphatic carbocycles. The van der Waals surface area contributed by atoms with E-state index in [2.05, 4.69) is 0 Å². The quantitative estimate of drug-likeness (QED) is 0.275. The summed E-state index contributed by atoms with van der Waals surface area (Å²) < 4.78 is 5.17. The van der Waals surface area contributed by atoms with Crippen LogP contribution in [-0.4, -0.2) is 24.2 Å². The van der Waals surface area contributed by atoms with Crippen LogP contribution in [-0.2, 0) is 9.53 Å². The Hall–Kier alpha value is -0.670. The smallest absolute Gasteiger partial charge is 0.306 e. The maximum absolute atomic E-state index is 11.5. The molecule has 106 valence electrons. The van der Waals surface area contributed by atoms with Crippen molar-refractivity contribution in [2.24, 2.45) is 0 Å². The van der Waals surface area contributed by atoms with Crippen molar-refractivity contribution < 1.29 is 9.53 Å². The van der Waals surface area contributed by atoms with Crippen LogP contribution in [0.5, 0.6) is 0 Å². The molecule has 4 heteroatoms. The number of hydrogen-bond donors (Lipinski definition) is 0. The van der Waals surface area contributed by atoms with Gasteiger partial charge in [0.1, 0.15) is 0 Å². The van der Waals surface area contributed by atoms with E-state index in [1.807, 2.05) is 30.3 Å². The predicted octanol–water partition coefficient (Wildman–Crippen LogP) is 4.51. The van der Waals surface area contributed by atoms with Crippen LogP contribution < -0.4 is 0 Å². The molecule has 0 aromatic heterocycles. The molecule has 0 N–H and O–H groups in total. The molecule has 1 aromatic carbocycles. The minimum Gasteiger partial charge on any atom is -0.466 e. The lowest BCUT2D eigenvalue weighted by Gasteiger charge is -2.04. The molecule has 0 fully saturated rings. The number of ether oxygens (including phenoxy) is 1. The Morgan fingerprint density at radius 2 is 1.84 bits per heavy atom. The molecule has 0 spiro atoms. The lowest BCUT2D eigenvalue weighted by atomic mass is 10.2. The van der Waals surface area contributed by atoms with E-state index in [9.17, 15) is 4.79 Å². The maximum Gasteiger partial charge on any atom is 0.306 e. The lowest BCUT2D eigenvalue weighted by molar-refractivity contribution is -0.143. The Kier molecular flexibility index (Phi) is 9.64. The molecule has 0 saturated carbocycles. The van der Waals surface area contributed by atoms with Crippen molar-refractivity contribution in [3.63, 3.8) is 0 Å². The molecule has 0 radical (unpaired) electrons. The van der Waals surface area contributed by atoms with Gasteiger partial charge in [0.05, 0.1) is 13.0 Å². The zero-order valence-corrected chi connectivity index (χ0v) is 12.7. The number of benzene rings is 1. The molecule has 0 saturated heterocycles. The van der Waals surface area contributed by atoms with E-state index < -0.39 is 0 Å². The number of hydrogen-bond acceptors (Lipinski definition) is 3. The van der Waals surface area contributed by atoms with Crippen LogP contribution in [0.4, 0.5) is 0 Å². The summed E-state index contributed by atoms with van der Waals surface area (Å²) in [4.78, 5) is 12.7. The maximum atomic E-state index is 11.5. The van der Waals surface area contributed by atoms with E-state index in [0.29, 0.717) is 13.0 Å². The van der Waals surface area contributed by atoms with Crippen LogP contribution in [0.3, 0.4) is 0 Å². The average Bonchev–Trinajstić information content (AvgIpc) is 2.44. The minimum absolute atomic E-state index is 0.0965. The SMILES string of the molecule is O=C(CCSc1ccccc1)OCCCCCCCl. The summed E-state index contributed by atoms with van der Waals surface area (Å²) in [7, 11) is 0. The fraction of sp³-hybridized carbons (Fsp3) is 0.533. The van der Waals surface area contributed by atoms with Gasteiger partial charge in [0.25, 0.3) is 0 Å². The van der Waals surface area contributed by atoms with E-state index in [-0.39, 0.29) is 5.97 Å². The Morgan fingerprint density at radius 3 is 2.58 bits per heavy atom. The molecule has 0 amide bonds. The molecular formula is C15H21ClO2S. The second-order valence-corrected chi connectivity index (χ2v) is 5.78. The summed E-state index contributed by atoms with van der Waals surface area (Å²) in [5.41, 5.74) is 0. The summed E-state index contributed by atoms with van der Waals surface area (Å²) in [5.74, 6) is 1.40. The molecule has 0 bridgehead atoms. The van der Waals surface area contributed by atoms with Crippen LogP contribution in [0.15, 0.2) is 35.2 Å². The third-order valence-electron chi connectivity index (χ3n) is 2.61. The Balaban J connectivity index is 1.96. The number of thioether (sulfide) groups is 1. The topological polar surface area (TPSA) is 26.3 Å². The Morgan fingerprint density at radius 1 is 1.11 bits per heavy atom. The number of carbonyl (C=O) groups is 1. The van der Waals surface area contributed by atoms with Crippen molar-refractivity contribution in [1.29, 1.82) is 0 Å². The summed E-state index contributed by atoms with van der Waals surface area (Å²) in [5, 5.41) is 0. The van der Waals surface area contributed by atoms with Crippen molar-refractivity contribution in [3.05, 3.63) is 30.3 Å². The van der Waals surface area contributed by atoms with E-state index in [0.717, 1.165) is 37.3 Å². The van der Waals surface area contributed by atoms with Crippen LogP contribution in [0.2, 0.25) is 0 Å². The predicted molar refractivity (Wildman–Crippen MR) is 81.9 cm³/mol. The van der Waals surface area contributed by atoms with Crippen molar-refractivity contribution in [3.8, 4) is 0 Å². The van der Waals surface area contributed by atoms with Gasteiger partial charge in [-0.2, -0.15) is 0 Å². The van der Waals surface area contributed by atoms with E-state index >= 15 is 0 Å². The van der Waals surface area contributed by atoms with E-state index in [1.54, 1.807) is 11.8 Å². The van der Waals surface area contributed by atoms with Crippen LogP contribution in [0.25, 0.3) is 0 Å². The van der Waals surface area contributed by atoms with Crippen molar-refractivity contribution >= 4 is 29.3 Å². The highest BCUT2D eigenvalue weighted by atomic mass is 35.5. The van der Waals surface area contributed by atoms with Crippen LogP contribution >= 0.6 is 23.4 Å². The van der Waals surface area contributed by atoms with Gasteiger partial charge in [0.2, 0.25) is 0 Å². The van der Waals surface area contributed by atoms with E-state index in [4.69, 9.17) is 16.3 Å². The minimum atomic E-state index is -0.0965. The molecule has 0 heterocycles. The highest BCUT2D eigenvalue weighted by molar-refractivity contribution is 7.99. The average molecular weight is 301 g/mol. The number of halogens is 1. The number of rotatable bonds is 10. The monoisotopic (exact) mass is 300 g/mol. The van der Waals surface area contributed by atoms with Crippen LogP contribution in [0.1, 0.15) is 32.1 Å². The second-order valence-electron chi connectivity index (χ2n) is 4.24. The van der Waals surface area contributed by atoms with Gasteiger partial charge >= 0.3 is 5.97 Å². The zero-order valence-electron chi connectivity index (χ0n) is 11.1. The summed E-state index contributed by atoms with van der Waals surface area (Å²) in [6, 6.07) is 10.1. The summed E-state index contributed by atoms with van der Waals surface area (Å²) in [6.45, 7) is 0.539. The van der Waals surface area contributed by atoms with Gasteiger partial charge in [-0.05, 0) is 25.0 Å². The number of alkyl halides is 1. The molecular weight excluding hydrogens is 280 g/mol. The van der Waals surface area contributed by atoms with Gasteiger partial charge in [-0.1, -0.05) is 31.0 Å². The normalized spacial score (nSPS) is 10.4. The third-order valence-corrected chi connectivity index (χ3v) is 3.89. The third kappa shape index (κ3) is 8.95. The fourth-order valence-electron chi connectivity index (χ4n) is 1.58. The van der Waals surface area contributed by atoms with Crippen LogP contribution in [0, 0.1) is 0 Å². The van der Waals surface area contributed by atoms with Crippen molar-refractivity contribution in [2.45, 2.75) is 37.0 Å².